The molecule has 0 aliphatic rings. The van der Waals surface area contributed by atoms with E-state index in [1.807, 2.05) is 6.92 Å². The Bertz CT molecular complexity index is 471. The highest BCUT2D eigenvalue weighted by Gasteiger charge is 2.17. The molecule has 0 radical (unpaired) electrons. The second kappa shape index (κ2) is 6.78. The van der Waals surface area contributed by atoms with Gasteiger partial charge in [-0.1, -0.05) is 19.4 Å². The van der Waals surface area contributed by atoms with E-state index in [9.17, 15) is 14.7 Å². The van der Waals surface area contributed by atoms with Gasteiger partial charge in [-0.25, -0.2) is 0 Å². The number of phenols is 1. The Kier molecular flexibility index (Phi) is 5.36. The molecule has 0 aromatic heterocycles. The molecule has 1 amide bonds. The maximum absolute atomic E-state index is 11.8. The van der Waals surface area contributed by atoms with E-state index in [0.29, 0.717) is 17.5 Å². The van der Waals surface area contributed by atoms with Crippen LogP contribution in [0, 0.1) is 12.8 Å². The topological polar surface area (TPSA) is 86.6 Å². The Labute approximate surface area is 112 Å². The molecular weight excluding hydrogens is 246 g/mol. The largest absolute Gasteiger partial charge is 0.508 e. The number of hydrogen-bond donors (Lipinski definition) is 3. The van der Waals surface area contributed by atoms with E-state index >= 15 is 0 Å². The van der Waals surface area contributed by atoms with Crippen LogP contribution in [-0.2, 0) is 4.79 Å². The Morgan fingerprint density at radius 1 is 1.37 bits per heavy atom. The van der Waals surface area contributed by atoms with Gasteiger partial charge in [0.05, 0.1) is 5.92 Å². The molecule has 1 unspecified atom stereocenters. The van der Waals surface area contributed by atoms with Crippen molar-refractivity contribution in [3.8, 4) is 5.75 Å². The zero-order valence-electron chi connectivity index (χ0n) is 11.1. The summed E-state index contributed by atoms with van der Waals surface area (Å²) in [7, 11) is 0. The zero-order chi connectivity index (χ0) is 14.4. The quantitative estimate of drug-likeness (QED) is 0.733. The number of carbonyl (C=O) groups excluding carboxylic acids is 1. The Balaban J connectivity index is 2.63. The van der Waals surface area contributed by atoms with Crippen LogP contribution in [0.5, 0.6) is 5.75 Å². The normalized spacial score (nSPS) is 11.9. The molecule has 1 aromatic rings. The number of benzene rings is 1. The molecule has 5 nitrogen and oxygen atoms in total. The van der Waals surface area contributed by atoms with Gasteiger partial charge < -0.3 is 15.5 Å². The molecule has 0 aliphatic heterocycles. The van der Waals surface area contributed by atoms with Crippen LogP contribution in [0.25, 0.3) is 0 Å². The number of aromatic hydroxyl groups is 1. The lowest BCUT2D eigenvalue weighted by Gasteiger charge is -2.12. The number of aryl methyl sites for hydroxylation is 1. The molecule has 0 bridgehead atoms. The molecule has 104 valence electrons. The van der Waals surface area contributed by atoms with Crippen LogP contribution >= 0.6 is 0 Å². The number of phenolic OH excluding ortho intramolecular Hbond substituents is 1. The van der Waals surface area contributed by atoms with E-state index in [0.717, 1.165) is 6.42 Å². The van der Waals surface area contributed by atoms with Crippen molar-refractivity contribution in [2.45, 2.75) is 26.7 Å². The van der Waals surface area contributed by atoms with Gasteiger partial charge in [0, 0.05) is 12.1 Å². The number of carboxylic acids is 1. The molecule has 3 N–H and O–H groups in total. The smallest absolute Gasteiger partial charge is 0.308 e. The number of nitrogens with one attached hydrogen (secondary N) is 1. The van der Waals surface area contributed by atoms with Crippen LogP contribution in [-0.4, -0.2) is 28.6 Å². The fraction of sp³-hybridized carbons (Fsp3) is 0.429. The predicted molar refractivity (Wildman–Crippen MR) is 71.2 cm³/mol. The van der Waals surface area contributed by atoms with Crippen molar-refractivity contribution in [2.75, 3.05) is 6.54 Å². The highest BCUT2D eigenvalue weighted by atomic mass is 16.4. The number of amides is 1. The van der Waals surface area contributed by atoms with Gasteiger partial charge in [0.2, 0.25) is 0 Å². The number of rotatable bonds is 6. The average molecular weight is 265 g/mol. The molecule has 1 rings (SSSR count). The standard InChI is InChI=1S/C14H19NO4/c1-3-4-11(14(18)19)8-15-13(17)10-6-5-9(2)12(16)7-10/h5-7,11,16H,3-4,8H2,1-2H3,(H,15,17)(H,18,19). The molecule has 0 heterocycles. The molecule has 19 heavy (non-hydrogen) atoms. The number of carboxylic acid groups (broad SMARTS) is 1. The summed E-state index contributed by atoms with van der Waals surface area (Å²) in [5.41, 5.74) is 1.01. The summed E-state index contributed by atoms with van der Waals surface area (Å²) in [6.07, 6.45) is 1.27. The van der Waals surface area contributed by atoms with Gasteiger partial charge in [-0.3, -0.25) is 9.59 Å². The first-order valence-electron chi connectivity index (χ1n) is 6.26. The monoisotopic (exact) mass is 265 g/mol. The maximum atomic E-state index is 11.8. The summed E-state index contributed by atoms with van der Waals surface area (Å²) < 4.78 is 0. The van der Waals surface area contributed by atoms with Crippen molar-refractivity contribution in [3.05, 3.63) is 29.3 Å². The lowest BCUT2D eigenvalue weighted by atomic mass is 10.0. The third kappa shape index (κ3) is 4.28. The fourth-order valence-corrected chi connectivity index (χ4v) is 1.73. The number of hydrogen-bond acceptors (Lipinski definition) is 3. The summed E-state index contributed by atoms with van der Waals surface area (Å²) in [6, 6.07) is 4.62. The van der Waals surface area contributed by atoms with Crippen LogP contribution in [0.3, 0.4) is 0 Å². The highest BCUT2D eigenvalue weighted by molar-refractivity contribution is 5.94. The second-order valence-electron chi connectivity index (χ2n) is 4.54. The highest BCUT2D eigenvalue weighted by Crippen LogP contribution is 2.17. The van der Waals surface area contributed by atoms with Crippen LogP contribution in [0.4, 0.5) is 0 Å². The summed E-state index contributed by atoms with van der Waals surface area (Å²) in [5, 5.41) is 21.1. The third-order valence-corrected chi connectivity index (χ3v) is 2.97. The SMILES string of the molecule is CCCC(CNC(=O)c1ccc(C)c(O)c1)C(=O)O. The van der Waals surface area contributed by atoms with Crippen LogP contribution in [0.1, 0.15) is 35.7 Å². The lowest BCUT2D eigenvalue weighted by Crippen LogP contribution is -2.32. The predicted octanol–water partition coefficient (Wildman–Crippen LogP) is 1.93. The van der Waals surface area contributed by atoms with Crippen molar-refractivity contribution in [3.63, 3.8) is 0 Å². The first-order chi connectivity index (χ1) is 8.95. The maximum Gasteiger partial charge on any atom is 0.308 e. The van der Waals surface area contributed by atoms with Crippen molar-refractivity contribution >= 4 is 11.9 Å². The van der Waals surface area contributed by atoms with Gasteiger partial charge in [0.1, 0.15) is 5.75 Å². The van der Waals surface area contributed by atoms with Gasteiger partial charge in [-0.15, -0.1) is 0 Å². The Morgan fingerprint density at radius 3 is 2.58 bits per heavy atom. The number of aliphatic carboxylic acids is 1. The van der Waals surface area contributed by atoms with Crippen molar-refractivity contribution in [1.29, 1.82) is 0 Å². The van der Waals surface area contributed by atoms with Gasteiger partial charge in [0.15, 0.2) is 0 Å². The molecular formula is C14H19NO4. The van der Waals surface area contributed by atoms with Crippen molar-refractivity contribution in [1.82, 2.24) is 5.32 Å². The van der Waals surface area contributed by atoms with Gasteiger partial charge >= 0.3 is 5.97 Å². The summed E-state index contributed by atoms with van der Waals surface area (Å²) in [6.45, 7) is 3.73. The van der Waals surface area contributed by atoms with Crippen LogP contribution in [0.15, 0.2) is 18.2 Å². The van der Waals surface area contributed by atoms with Gasteiger partial charge in [0.25, 0.3) is 5.91 Å². The second-order valence-corrected chi connectivity index (χ2v) is 4.54. The molecule has 0 saturated carbocycles. The molecule has 1 aromatic carbocycles. The molecule has 0 spiro atoms. The first kappa shape index (κ1) is 15.0. The van der Waals surface area contributed by atoms with E-state index in [-0.39, 0.29) is 18.2 Å². The fourth-order valence-electron chi connectivity index (χ4n) is 1.73. The molecule has 0 fully saturated rings. The van der Waals surface area contributed by atoms with Gasteiger partial charge in [-0.05, 0) is 31.0 Å². The molecule has 0 aliphatic carbocycles. The summed E-state index contributed by atoms with van der Waals surface area (Å²) in [5.74, 6) is -1.81. The number of carbonyl (C=O) groups is 2. The van der Waals surface area contributed by atoms with Crippen LogP contribution in [0.2, 0.25) is 0 Å². The average Bonchev–Trinajstić information content (AvgIpc) is 2.37. The molecule has 1 atom stereocenters. The summed E-state index contributed by atoms with van der Waals surface area (Å²) in [4.78, 5) is 22.8. The Hall–Kier alpha value is -2.04. The van der Waals surface area contributed by atoms with Gasteiger partial charge in [-0.2, -0.15) is 0 Å². The van der Waals surface area contributed by atoms with E-state index < -0.39 is 11.9 Å². The summed E-state index contributed by atoms with van der Waals surface area (Å²) >= 11 is 0. The first-order valence-corrected chi connectivity index (χ1v) is 6.26. The Morgan fingerprint density at radius 2 is 2.05 bits per heavy atom. The zero-order valence-corrected chi connectivity index (χ0v) is 11.1. The van der Waals surface area contributed by atoms with Crippen molar-refractivity contribution in [2.24, 2.45) is 5.92 Å². The van der Waals surface area contributed by atoms with Crippen LogP contribution < -0.4 is 5.32 Å². The third-order valence-electron chi connectivity index (χ3n) is 2.97. The van der Waals surface area contributed by atoms with E-state index in [1.54, 1.807) is 19.1 Å². The van der Waals surface area contributed by atoms with Crippen molar-refractivity contribution < 1.29 is 19.8 Å². The molecule has 0 saturated heterocycles. The minimum Gasteiger partial charge on any atom is -0.508 e. The van der Waals surface area contributed by atoms with E-state index in [1.165, 1.54) is 6.07 Å². The minimum atomic E-state index is -0.908. The molecule has 5 heteroatoms. The van der Waals surface area contributed by atoms with E-state index in [4.69, 9.17) is 5.11 Å². The minimum absolute atomic E-state index is 0.0518. The van der Waals surface area contributed by atoms with E-state index in [2.05, 4.69) is 5.32 Å². The lowest BCUT2D eigenvalue weighted by molar-refractivity contribution is -0.141.